The zero-order chi connectivity index (χ0) is 14.9. The number of carbonyl (C=O) groups excluding carboxylic acids is 1. The summed E-state index contributed by atoms with van der Waals surface area (Å²) in [5.74, 6) is -0.0140. The predicted molar refractivity (Wildman–Crippen MR) is 87.0 cm³/mol. The van der Waals surface area contributed by atoms with E-state index in [1.54, 1.807) is 22.3 Å². The van der Waals surface area contributed by atoms with Crippen LogP contribution >= 0.6 is 27.3 Å². The van der Waals surface area contributed by atoms with Gasteiger partial charge >= 0.3 is 0 Å². The van der Waals surface area contributed by atoms with Gasteiger partial charge in [-0.3, -0.25) is 4.79 Å². The standard InChI is InChI=1S/C14H18BrN3OS/c1-9(2)18-6-11(16)5-13(18)14(19)17(3)7-12-4-10(15)8-20-12/h4-6,8-9H,7,16H2,1-3H3. The molecule has 0 aliphatic rings. The van der Waals surface area contributed by atoms with Crippen LogP contribution in [-0.4, -0.2) is 22.4 Å². The summed E-state index contributed by atoms with van der Waals surface area (Å²) in [7, 11) is 1.81. The zero-order valence-electron chi connectivity index (χ0n) is 11.8. The van der Waals surface area contributed by atoms with E-state index in [0.29, 0.717) is 17.9 Å². The number of aromatic nitrogens is 1. The zero-order valence-corrected chi connectivity index (χ0v) is 14.2. The van der Waals surface area contributed by atoms with Crippen LogP contribution in [0.15, 0.2) is 28.2 Å². The van der Waals surface area contributed by atoms with E-state index in [-0.39, 0.29) is 11.9 Å². The van der Waals surface area contributed by atoms with Crippen LogP contribution in [0.1, 0.15) is 35.3 Å². The molecule has 0 bridgehead atoms. The van der Waals surface area contributed by atoms with Gasteiger partial charge in [-0.2, -0.15) is 0 Å². The van der Waals surface area contributed by atoms with E-state index in [4.69, 9.17) is 5.73 Å². The Morgan fingerprint density at radius 2 is 2.20 bits per heavy atom. The average molecular weight is 356 g/mol. The second-order valence-corrected chi connectivity index (χ2v) is 6.96. The summed E-state index contributed by atoms with van der Waals surface area (Å²) in [6.07, 6.45) is 1.81. The summed E-state index contributed by atoms with van der Waals surface area (Å²) in [5.41, 5.74) is 7.07. The molecule has 2 rings (SSSR count). The lowest BCUT2D eigenvalue weighted by Crippen LogP contribution is -2.28. The van der Waals surface area contributed by atoms with Crippen molar-refractivity contribution in [1.82, 2.24) is 9.47 Å². The lowest BCUT2D eigenvalue weighted by Gasteiger charge is -2.19. The molecular weight excluding hydrogens is 338 g/mol. The Morgan fingerprint density at radius 3 is 2.75 bits per heavy atom. The Balaban J connectivity index is 2.18. The fourth-order valence-electron chi connectivity index (χ4n) is 2.04. The highest BCUT2D eigenvalue weighted by Gasteiger charge is 2.19. The molecule has 6 heteroatoms. The van der Waals surface area contributed by atoms with Gasteiger partial charge in [0.1, 0.15) is 5.69 Å². The fraction of sp³-hybridized carbons (Fsp3) is 0.357. The molecule has 0 radical (unpaired) electrons. The van der Waals surface area contributed by atoms with Crippen molar-refractivity contribution in [2.45, 2.75) is 26.4 Å². The molecule has 0 spiro atoms. The van der Waals surface area contributed by atoms with E-state index in [9.17, 15) is 4.79 Å². The Bertz CT molecular complexity index is 618. The van der Waals surface area contributed by atoms with Crippen LogP contribution in [0.3, 0.4) is 0 Å². The van der Waals surface area contributed by atoms with Crippen molar-refractivity contribution in [2.24, 2.45) is 0 Å². The number of nitrogens with two attached hydrogens (primary N) is 1. The molecule has 4 nitrogen and oxygen atoms in total. The maximum Gasteiger partial charge on any atom is 0.270 e. The smallest absolute Gasteiger partial charge is 0.270 e. The second-order valence-electron chi connectivity index (χ2n) is 5.05. The first-order valence-electron chi connectivity index (χ1n) is 6.34. The molecule has 108 valence electrons. The fourth-order valence-corrected chi connectivity index (χ4v) is 3.54. The molecule has 0 saturated heterocycles. The van der Waals surface area contributed by atoms with Crippen molar-refractivity contribution in [3.8, 4) is 0 Å². The molecule has 0 saturated carbocycles. The minimum Gasteiger partial charge on any atom is -0.397 e. The topological polar surface area (TPSA) is 51.3 Å². The number of halogens is 1. The number of hydrogen-bond acceptors (Lipinski definition) is 3. The molecule has 1 amide bonds. The van der Waals surface area contributed by atoms with Gasteiger partial charge < -0.3 is 15.2 Å². The van der Waals surface area contributed by atoms with Gasteiger partial charge in [0.25, 0.3) is 5.91 Å². The number of amides is 1. The number of nitrogens with zero attached hydrogens (tertiary/aromatic N) is 2. The first kappa shape index (κ1) is 15.1. The normalized spacial score (nSPS) is 11.1. The van der Waals surface area contributed by atoms with Crippen molar-refractivity contribution in [3.63, 3.8) is 0 Å². The van der Waals surface area contributed by atoms with Gasteiger partial charge in [0, 0.05) is 34.0 Å². The highest BCUT2D eigenvalue weighted by atomic mass is 79.9. The molecule has 0 aromatic carbocycles. The van der Waals surface area contributed by atoms with Gasteiger partial charge in [-0.05, 0) is 41.9 Å². The maximum absolute atomic E-state index is 12.5. The number of rotatable bonds is 4. The molecule has 0 fully saturated rings. The molecule has 0 atom stereocenters. The molecule has 20 heavy (non-hydrogen) atoms. The highest BCUT2D eigenvalue weighted by molar-refractivity contribution is 9.10. The number of carbonyl (C=O) groups is 1. The first-order valence-corrected chi connectivity index (χ1v) is 8.01. The highest BCUT2D eigenvalue weighted by Crippen LogP contribution is 2.22. The lowest BCUT2D eigenvalue weighted by molar-refractivity contribution is 0.0774. The van der Waals surface area contributed by atoms with E-state index < -0.39 is 0 Å². The van der Waals surface area contributed by atoms with Gasteiger partial charge in [-0.25, -0.2) is 0 Å². The van der Waals surface area contributed by atoms with Crippen molar-refractivity contribution in [1.29, 1.82) is 0 Å². The van der Waals surface area contributed by atoms with Crippen LogP contribution in [0.4, 0.5) is 5.69 Å². The summed E-state index contributed by atoms with van der Waals surface area (Å²) in [5, 5.41) is 2.02. The molecule has 2 heterocycles. The van der Waals surface area contributed by atoms with Crippen LogP contribution in [0.5, 0.6) is 0 Å². The molecule has 2 aromatic rings. The monoisotopic (exact) mass is 355 g/mol. The third-order valence-electron chi connectivity index (χ3n) is 3.01. The third-order valence-corrected chi connectivity index (χ3v) is 4.69. The molecule has 0 unspecified atom stereocenters. The average Bonchev–Trinajstić information content (AvgIpc) is 2.94. The van der Waals surface area contributed by atoms with Crippen LogP contribution in [0.25, 0.3) is 0 Å². The van der Waals surface area contributed by atoms with Gasteiger partial charge in [0.15, 0.2) is 0 Å². The van der Waals surface area contributed by atoms with Gasteiger partial charge in [0.05, 0.1) is 12.2 Å². The summed E-state index contributed by atoms with van der Waals surface area (Å²) in [6, 6.07) is 3.98. The summed E-state index contributed by atoms with van der Waals surface area (Å²) >= 11 is 5.06. The molecule has 2 aromatic heterocycles. The summed E-state index contributed by atoms with van der Waals surface area (Å²) in [4.78, 5) is 15.4. The summed E-state index contributed by atoms with van der Waals surface area (Å²) < 4.78 is 2.96. The predicted octanol–water partition coefficient (Wildman–Crippen LogP) is 3.75. The largest absolute Gasteiger partial charge is 0.397 e. The minimum absolute atomic E-state index is 0.0140. The van der Waals surface area contributed by atoms with Crippen LogP contribution in [-0.2, 0) is 6.54 Å². The quantitative estimate of drug-likeness (QED) is 0.907. The van der Waals surface area contributed by atoms with Crippen molar-refractivity contribution >= 4 is 38.9 Å². The van der Waals surface area contributed by atoms with Gasteiger partial charge in [0.2, 0.25) is 0 Å². The Labute approximate surface area is 131 Å². The van der Waals surface area contributed by atoms with Gasteiger partial charge in [-0.15, -0.1) is 11.3 Å². The van der Waals surface area contributed by atoms with E-state index in [1.807, 2.05) is 43.1 Å². The number of anilines is 1. The van der Waals surface area contributed by atoms with E-state index in [0.717, 1.165) is 9.35 Å². The molecule has 0 aliphatic carbocycles. The van der Waals surface area contributed by atoms with E-state index in [2.05, 4.69) is 15.9 Å². The van der Waals surface area contributed by atoms with Crippen molar-refractivity contribution < 1.29 is 4.79 Å². The minimum atomic E-state index is -0.0140. The molecule has 0 aliphatic heterocycles. The lowest BCUT2D eigenvalue weighted by atomic mass is 10.3. The second kappa shape index (κ2) is 6.01. The maximum atomic E-state index is 12.5. The van der Waals surface area contributed by atoms with Gasteiger partial charge in [-0.1, -0.05) is 0 Å². The van der Waals surface area contributed by atoms with Crippen molar-refractivity contribution in [3.05, 3.63) is 38.8 Å². The number of hydrogen-bond donors (Lipinski definition) is 1. The first-order chi connectivity index (χ1) is 9.38. The van der Waals surface area contributed by atoms with Crippen LogP contribution < -0.4 is 5.73 Å². The Morgan fingerprint density at radius 1 is 1.50 bits per heavy atom. The van der Waals surface area contributed by atoms with E-state index >= 15 is 0 Å². The van der Waals surface area contributed by atoms with Crippen LogP contribution in [0.2, 0.25) is 0 Å². The Hall–Kier alpha value is -1.27. The SMILES string of the molecule is CC(C)n1cc(N)cc1C(=O)N(C)Cc1cc(Br)cs1. The molecular formula is C14H18BrN3OS. The van der Waals surface area contributed by atoms with Crippen molar-refractivity contribution in [2.75, 3.05) is 12.8 Å². The summed E-state index contributed by atoms with van der Waals surface area (Å²) in [6.45, 7) is 4.66. The number of thiophene rings is 1. The van der Waals surface area contributed by atoms with E-state index in [1.165, 1.54) is 0 Å². The third kappa shape index (κ3) is 3.24. The van der Waals surface area contributed by atoms with Crippen LogP contribution in [0, 0.1) is 0 Å². The molecule has 2 N–H and O–H groups in total. The Kier molecular flexibility index (Phi) is 4.55. The number of nitrogen functional groups attached to an aromatic ring is 1.